The van der Waals surface area contributed by atoms with E-state index in [1.165, 1.54) is 0 Å². The molecule has 4 aromatic rings. The Balaban J connectivity index is 1.00. The van der Waals surface area contributed by atoms with Crippen molar-refractivity contribution in [2.75, 3.05) is 60.5 Å². The van der Waals surface area contributed by atoms with E-state index >= 15 is 0 Å². The van der Waals surface area contributed by atoms with Gasteiger partial charge in [-0.3, -0.25) is 28.8 Å². The summed E-state index contributed by atoms with van der Waals surface area (Å²) in [7, 11) is 5.06. The molecular formula is C65H86IN7O8. The van der Waals surface area contributed by atoms with Gasteiger partial charge in [-0.25, -0.2) is 0 Å². The summed E-state index contributed by atoms with van der Waals surface area (Å²) in [6.07, 6.45) is 11.7. The minimum absolute atomic E-state index is 0.0269. The molecule has 6 amide bonds. The van der Waals surface area contributed by atoms with Crippen LogP contribution in [0.15, 0.2) is 109 Å². The number of carbonyl (C=O) groups is 6. The SMILES string of the molecule is CN[C@@H](C)C(=O)N[C@H](C(=O)N1CC[C@H](OC)[C@H]1CN(CCc1ccccc1)C(=O)c1ccc(-c2ccc(C(=O)N(CCc3ccccc3)C[C@@H]3[C@@H](OC)CCN3C(=O)[C@@H](NC(=O)[C@H](C)I)C3CCCCC3)cc2)cc1)C1CCCCC1. The van der Waals surface area contributed by atoms with Gasteiger partial charge in [0.25, 0.3) is 11.8 Å². The van der Waals surface area contributed by atoms with E-state index in [9.17, 15) is 28.8 Å². The first-order valence-corrected chi connectivity index (χ1v) is 31.0. The van der Waals surface area contributed by atoms with Crippen molar-refractivity contribution in [1.29, 1.82) is 0 Å². The van der Waals surface area contributed by atoms with Crippen LogP contribution >= 0.6 is 22.6 Å². The van der Waals surface area contributed by atoms with Crippen LogP contribution in [0.1, 0.15) is 123 Å². The zero-order chi connectivity index (χ0) is 57.4. The van der Waals surface area contributed by atoms with E-state index in [1.54, 1.807) is 28.2 Å². The summed E-state index contributed by atoms with van der Waals surface area (Å²) in [5, 5.41) is 9.30. The first-order chi connectivity index (χ1) is 39.3. The number of likely N-dealkylation sites (tertiary alicyclic amines) is 2. The molecule has 2 aliphatic carbocycles. The molecule has 16 heteroatoms. The molecule has 3 N–H and O–H groups in total. The van der Waals surface area contributed by atoms with E-state index in [0.717, 1.165) is 86.5 Å². The fourth-order valence-corrected chi connectivity index (χ4v) is 12.9. The number of nitrogens with zero attached hydrogens (tertiary/aromatic N) is 4. The van der Waals surface area contributed by atoms with Crippen molar-refractivity contribution < 1.29 is 38.2 Å². The maximum atomic E-state index is 14.9. The molecule has 15 nitrogen and oxygen atoms in total. The number of nitrogens with one attached hydrogen (secondary N) is 3. The van der Waals surface area contributed by atoms with Crippen LogP contribution < -0.4 is 16.0 Å². The van der Waals surface area contributed by atoms with Gasteiger partial charge in [0, 0.05) is 64.6 Å². The van der Waals surface area contributed by atoms with Crippen LogP contribution in [0, 0.1) is 11.8 Å². The molecule has 0 aromatic heterocycles. The largest absolute Gasteiger partial charge is 0.379 e. The highest BCUT2D eigenvalue weighted by atomic mass is 127. The summed E-state index contributed by atoms with van der Waals surface area (Å²) in [5.74, 6) is -0.810. The van der Waals surface area contributed by atoms with E-state index in [4.69, 9.17) is 9.47 Å². The van der Waals surface area contributed by atoms with Crippen LogP contribution in [0.2, 0.25) is 0 Å². The van der Waals surface area contributed by atoms with Crippen molar-refractivity contribution in [2.24, 2.45) is 11.8 Å². The third-order valence-corrected chi connectivity index (χ3v) is 18.3. The van der Waals surface area contributed by atoms with Gasteiger partial charge in [0.05, 0.1) is 34.3 Å². The van der Waals surface area contributed by atoms with Crippen molar-refractivity contribution in [2.45, 2.75) is 150 Å². The summed E-state index contributed by atoms with van der Waals surface area (Å²) in [4.78, 5) is 93.3. The number of alkyl halides is 1. The van der Waals surface area contributed by atoms with Gasteiger partial charge in [-0.1, -0.05) is 146 Å². The van der Waals surface area contributed by atoms with E-state index in [2.05, 4.69) is 62.8 Å². The van der Waals surface area contributed by atoms with Crippen molar-refractivity contribution in [3.05, 3.63) is 131 Å². The average Bonchev–Trinajstić information content (AvgIpc) is 4.19. The number of methoxy groups -OCH3 is 2. The smallest absolute Gasteiger partial charge is 0.253 e. The Kier molecular flexibility index (Phi) is 22.8. The monoisotopic (exact) mass is 1220 g/mol. The predicted octanol–water partition coefficient (Wildman–Crippen LogP) is 8.52. The van der Waals surface area contributed by atoms with Crippen LogP contribution in [0.5, 0.6) is 0 Å². The van der Waals surface area contributed by atoms with Crippen molar-refractivity contribution >= 4 is 58.0 Å². The fraction of sp³-hybridized carbons (Fsp3) is 0.538. The van der Waals surface area contributed by atoms with Crippen LogP contribution in [-0.2, 0) is 41.5 Å². The highest BCUT2D eigenvalue weighted by molar-refractivity contribution is 14.1. The third-order valence-electron chi connectivity index (χ3n) is 17.7. The minimum Gasteiger partial charge on any atom is -0.379 e. The van der Waals surface area contributed by atoms with Gasteiger partial charge < -0.3 is 45.0 Å². The number of carbonyl (C=O) groups excluding carboxylic acids is 6. The molecule has 0 unspecified atom stereocenters. The normalized spacial score (nSPS) is 21.2. The lowest BCUT2D eigenvalue weighted by molar-refractivity contribution is -0.140. The Morgan fingerprint density at radius 1 is 0.543 bits per heavy atom. The molecule has 2 saturated carbocycles. The molecule has 4 aromatic carbocycles. The highest BCUT2D eigenvalue weighted by Crippen LogP contribution is 2.33. The number of hydrogen-bond donors (Lipinski definition) is 3. The van der Waals surface area contributed by atoms with Crippen molar-refractivity contribution in [3.63, 3.8) is 0 Å². The fourth-order valence-electron chi connectivity index (χ4n) is 12.7. The molecular weight excluding hydrogens is 1130 g/mol. The maximum Gasteiger partial charge on any atom is 0.253 e. The van der Waals surface area contributed by atoms with Gasteiger partial charge in [0.1, 0.15) is 12.1 Å². The second kappa shape index (κ2) is 30.0. The molecule has 81 heavy (non-hydrogen) atoms. The van der Waals surface area contributed by atoms with Gasteiger partial charge >= 0.3 is 0 Å². The quantitative estimate of drug-likeness (QED) is 0.0460. The molecule has 8 rings (SSSR count). The molecule has 2 saturated heterocycles. The van der Waals surface area contributed by atoms with E-state index in [-0.39, 0.29) is 76.5 Å². The number of amides is 6. The molecule has 0 spiro atoms. The Morgan fingerprint density at radius 2 is 0.926 bits per heavy atom. The number of rotatable bonds is 24. The zero-order valence-corrected chi connectivity index (χ0v) is 50.4. The lowest BCUT2D eigenvalue weighted by Crippen LogP contribution is -2.58. The highest BCUT2D eigenvalue weighted by Gasteiger charge is 2.46. The Hall–Kier alpha value is -5.69. The summed E-state index contributed by atoms with van der Waals surface area (Å²) >= 11 is 2.10. The van der Waals surface area contributed by atoms with E-state index < -0.39 is 30.2 Å². The summed E-state index contributed by atoms with van der Waals surface area (Å²) in [5.41, 5.74) is 4.95. The second-order valence-corrected chi connectivity index (χ2v) is 24.7. The van der Waals surface area contributed by atoms with Crippen LogP contribution in [0.3, 0.4) is 0 Å². The summed E-state index contributed by atoms with van der Waals surface area (Å²) in [6, 6.07) is 32.6. The third kappa shape index (κ3) is 15.9. The van der Waals surface area contributed by atoms with E-state index in [0.29, 0.717) is 63.0 Å². The molecule has 436 valence electrons. The molecule has 8 atom stereocenters. The topological polar surface area (TPSA) is 170 Å². The lowest BCUT2D eigenvalue weighted by Gasteiger charge is -2.38. The number of ether oxygens (including phenoxy) is 2. The molecule has 2 heterocycles. The average molecular weight is 1220 g/mol. The zero-order valence-electron chi connectivity index (χ0n) is 48.2. The molecule has 2 aliphatic heterocycles. The summed E-state index contributed by atoms with van der Waals surface area (Å²) in [6.45, 7) is 5.92. The summed E-state index contributed by atoms with van der Waals surface area (Å²) < 4.78 is 11.8. The van der Waals surface area contributed by atoms with Gasteiger partial charge in [0.15, 0.2) is 0 Å². The first kappa shape index (κ1) is 61.4. The van der Waals surface area contributed by atoms with Crippen molar-refractivity contribution in [3.8, 4) is 11.1 Å². The Morgan fingerprint density at radius 3 is 1.28 bits per heavy atom. The number of halogens is 1. The van der Waals surface area contributed by atoms with Gasteiger partial charge in [-0.05, 0) is 131 Å². The standard InChI is InChI=1S/C65H86IN7O8/c1-44(66)60(74)68-58(50-22-14-8-15-23-50)64(78)72-40-36-56(80-4)54(72)42-70(38-34-46-18-10-6-11-19-46)62(76)52-30-26-48(27-31-52)49-28-32-53(33-29-49)63(77)71(39-35-47-20-12-7-13-21-47)43-55-57(81-5)37-41-73(55)65(79)59(51-24-16-9-17-25-51)69-61(75)45(2)67-3/h6-7,10-13,18-21,26-33,44-45,50-51,54-59,67H,8-9,14-17,22-25,34-43H2,1-5H3,(H,68,74)(H,69,75)/t44-,45-,54+,55+,56-,57-,58-,59-/m0/s1. The van der Waals surface area contributed by atoms with Gasteiger partial charge in [0.2, 0.25) is 23.6 Å². The van der Waals surface area contributed by atoms with Crippen LogP contribution in [-0.4, -0.2) is 162 Å². The molecule has 0 radical (unpaired) electrons. The molecule has 4 fully saturated rings. The van der Waals surface area contributed by atoms with Crippen molar-refractivity contribution in [1.82, 2.24) is 35.6 Å². The number of benzene rings is 4. The molecule has 4 aliphatic rings. The number of likely N-dealkylation sites (N-methyl/N-ethyl adjacent to an activating group) is 1. The minimum atomic E-state index is -0.669. The van der Waals surface area contributed by atoms with Gasteiger partial charge in [-0.2, -0.15) is 0 Å². The number of hydrogen-bond acceptors (Lipinski definition) is 9. The lowest BCUT2D eigenvalue weighted by atomic mass is 9.83. The maximum absolute atomic E-state index is 14.9. The van der Waals surface area contributed by atoms with E-state index in [1.807, 2.05) is 111 Å². The molecule has 0 bridgehead atoms. The van der Waals surface area contributed by atoms with Crippen LogP contribution in [0.25, 0.3) is 11.1 Å². The second-order valence-electron chi connectivity index (χ2n) is 22.8. The Labute approximate surface area is 494 Å². The van der Waals surface area contributed by atoms with Crippen LogP contribution in [0.4, 0.5) is 0 Å². The Bertz CT molecular complexity index is 2690. The van der Waals surface area contributed by atoms with Gasteiger partial charge in [-0.15, -0.1) is 0 Å². The predicted molar refractivity (Wildman–Crippen MR) is 325 cm³/mol. The first-order valence-electron chi connectivity index (χ1n) is 29.7.